The van der Waals surface area contributed by atoms with Gasteiger partial charge in [0.25, 0.3) is 5.91 Å². The fourth-order valence-electron chi connectivity index (χ4n) is 4.75. The molecule has 9 nitrogen and oxygen atoms in total. The third kappa shape index (κ3) is 5.36. The smallest absolute Gasteiger partial charge is 0.295 e. The number of ketones is 1. The first kappa shape index (κ1) is 27.9. The number of carbonyl (C=O) groups is 2. The summed E-state index contributed by atoms with van der Waals surface area (Å²) in [4.78, 5) is 29.5. The highest BCUT2D eigenvalue weighted by molar-refractivity contribution is 6.46. The largest absolute Gasteiger partial charge is 0.872 e. The van der Waals surface area contributed by atoms with E-state index in [0.29, 0.717) is 52.8 Å². The van der Waals surface area contributed by atoms with Gasteiger partial charge in [-0.2, -0.15) is 0 Å². The third-order valence-electron chi connectivity index (χ3n) is 6.92. The summed E-state index contributed by atoms with van der Waals surface area (Å²) in [5, 5.41) is 13.9. The van der Waals surface area contributed by atoms with Gasteiger partial charge in [-0.3, -0.25) is 9.59 Å². The minimum atomic E-state index is -0.905. The van der Waals surface area contributed by atoms with Crippen molar-refractivity contribution in [1.82, 2.24) is 4.90 Å². The summed E-state index contributed by atoms with van der Waals surface area (Å²) in [6, 6.07) is 7.48. The van der Waals surface area contributed by atoms with Gasteiger partial charge in [0.15, 0.2) is 11.5 Å². The first-order valence-corrected chi connectivity index (χ1v) is 12.3. The minimum absolute atomic E-state index is 0.0953. The number of nitrogens with zero attached hydrogens (tertiary/aromatic N) is 1. The van der Waals surface area contributed by atoms with Gasteiger partial charge in [-0.1, -0.05) is 11.8 Å². The summed E-state index contributed by atoms with van der Waals surface area (Å²) in [5.41, 5.74) is 1.41. The maximum absolute atomic E-state index is 13.9. The van der Waals surface area contributed by atoms with Gasteiger partial charge in [0, 0.05) is 5.57 Å². The van der Waals surface area contributed by atoms with Gasteiger partial charge in [0.1, 0.15) is 5.75 Å². The Morgan fingerprint density at radius 1 is 0.946 bits per heavy atom. The van der Waals surface area contributed by atoms with Crippen molar-refractivity contribution in [2.75, 3.05) is 54.6 Å². The third-order valence-corrected chi connectivity index (χ3v) is 6.92. The van der Waals surface area contributed by atoms with E-state index in [4.69, 9.17) is 18.9 Å². The van der Waals surface area contributed by atoms with Crippen LogP contribution in [0.15, 0.2) is 35.9 Å². The van der Waals surface area contributed by atoms with Crippen molar-refractivity contribution < 1.29 is 38.5 Å². The zero-order chi connectivity index (χ0) is 27.3. The minimum Gasteiger partial charge on any atom is -0.872 e. The van der Waals surface area contributed by atoms with Gasteiger partial charge in [0.05, 0.1) is 60.7 Å². The number of hydrogen-bond donors (Lipinski definition) is 1. The van der Waals surface area contributed by atoms with Crippen molar-refractivity contribution in [3.63, 3.8) is 0 Å². The van der Waals surface area contributed by atoms with Crippen molar-refractivity contribution >= 4 is 17.4 Å². The molecule has 0 spiro atoms. The highest BCUT2D eigenvalue weighted by Gasteiger charge is 2.45. The summed E-state index contributed by atoms with van der Waals surface area (Å²) in [6.07, 6.45) is 0. The second-order valence-corrected chi connectivity index (χ2v) is 8.82. The number of nitrogens with one attached hydrogen (secondary N) is 1. The molecular weight excluding hydrogens is 476 g/mol. The number of ether oxygens (including phenoxy) is 4. The number of hydrogen-bond acceptors (Lipinski definition) is 7. The zero-order valence-electron chi connectivity index (χ0n) is 22.6. The molecule has 1 N–H and O–H groups in total. The Kier molecular flexibility index (Phi) is 9.04. The molecule has 0 radical (unpaired) electrons. The predicted molar refractivity (Wildman–Crippen MR) is 137 cm³/mol. The van der Waals surface area contributed by atoms with E-state index in [1.54, 1.807) is 44.4 Å². The molecule has 1 fully saturated rings. The van der Waals surface area contributed by atoms with Crippen LogP contribution in [-0.2, 0) is 9.59 Å². The molecule has 200 valence electrons. The average Bonchev–Trinajstić information content (AvgIpc) is 3.17. The predicted octanol–water partition coefficient (Wildman–Crippen LogP) is 1.18. The van der Waals surface area contributed by atoms with Crippen molar-refractivity contribution in [2.45, 2.75) is 26.8 Å². The number of Topliss-reactive ketones (excluding diaryl/α,β-unsaturated/α-hetero) is 1. The zero-order valence-corrected chi connectivity index (χ0v) is 22.6. The number of quaternary nitrogens is 1. The van der Waals surface area contributed by atoms with Crippen LogP contribution in [0.3, 0.4) is 0 Å². The van der Waals surface area contributed by atoms with E-state index in [9.17, 15) is 14.7 Å². The van der Waals surface area contributed by atoms with Crippen LogP contribution in [0.4, 0.5) is 0 Å². The van der Waals surface area contributed by atoms with E-state index in [1.165, 1.54) is 31.1 Å². The lowest BCUT2D eigenvalue weighted by molar-refractivity contribution is -0.895. The van der Waals surface area contributed by atoms with Crippen molar-refractivity contribution in [1.29, 1.82) is 0 Å². The molecule has 0 aliphatic carbocycles. The maximum atomic E-state index is 13.9. The van der Waals surface area contributed by atoms with Gasteiger partial charge in [-0.25, -0.2) is 0 Å². The lowest BCUT2D eigenvalue weighted by atomic mass is 9.93. The summed E-state index contributed by atoms with van der Waals surface area (Å²) >= 11 is 0. The Balaban J connectivity index is 2.25. The molecule has 3 rings (SSSR count). The molecule has 1 saturated heterocycles. The molecule has 37 heavy (non-hydrogen) atoms. The van der Waals surface area contributed by atoms with E-state index < -0.39 is 23.5 Å². The first-order valence-electron chi connectivity index (χ1n) is 12.3. The summed E-state index contributed by atoms with van der Waals surface area (Å²) in [5.74, 6) is -0.278. The average molecular weight is 513 g/mol. The number of likely N-dealkylation sites (tertiary alicyclic amines) is 1. The molecule has 1 amide bonds. The topological polar surface area (TPSA) is 102 Å². The molecule has 9 heteroatoms. The Labute approximate surface area is 218 Å². The highest BCUT2D eigenvalue weighted by atomic mass is 16.5. The number of amides is 1. The van der Waals surface area contributed by atoms with Crippen LogP contribution in [0.1, 0.15) is 36.6 Å². The molecule has 0 aromatic heterocycles. The SMILES string of the molecule is CC[NH+](CC)CCN1C(=O)C(=O)/C(=C(/[O-])c2ccc(OC)cc2C)C1c1cc(OC)c(OC)c(OC)c1. The molecule has 0 bridgehead atoms. The molecule has 2 aromatic carbocycles. The number of likely N-dealkylation sites (N-methyl/N-ethyl adjacent to an activating group) is 1. The number of benzene rings is 2. The fourth-order valence-corrected chi connectivity index (χ4v) is 4.75. The normalized spacial score (nSPS) is 16.9. The number of carbonyl (C=O) groups excluding carboxylic acids is 2. The number of methoxy groups -OCH3 is 4. The summed E-state index contributed by atoms with van der Waals surface area (Å²) < 4.78 is 21.7. The van der Waals surface area contributed by atoms with Crippen LogP contribution < -0.4 is 29.0 Å². The standard InChI is InChI=1S/C28H36N2O7/c1-8-29(9-2)12-13-30-24(18-15-21(35-5)27(37-7)22(16-18)36-6)23(26(32)28(30)33)25(31)20-11-10-19(34-4)14-17(20)3/h10-11,14-16,24,31H,8-9,12-13H2,1-7H3/b25-23+. The van der Waals surface area contributed by atoms with Crippen LogP contribution >= 0.6 is 0 Å². The highest BCUT2D eigenvalue weighted by Crippen LogP contribution is 2.45. The molecule has 1 atom stereocenters. The Morgan fingerprint density at radius 2 is 1.57 bits per heavy atom. The van der Waals surface area contributed by atoms with E-state index in [-0.39, 0.29) is 5.57 Å². The Bertz CT molecular complexity index is 1160. The van der Waals surface area contributed by atoms with Crippen molar-refractivity contribution in [3.8, 4) is 23.0 Å². The number of aryl methyl sites for hydroxylation is 1. The molecular formula is C28H36N2O7. The number of rotatable bonds is 11. The molecule has 1 heterocycles. The quantitative estimate of drug-likeness (QED) is 0.274. The molecule has 1 aliphatic heterocycles. The van der Waals surface area contributed by atoms with Crippen LogP contribution in [-0.4, -0.2) is 71.2 Å². The van der Waals surface area contributed by atoms with Crippen molar-refractivity contribution in [2.24, 2.45) is 0 Å². The van der Waals surface area contributed by atoms with Gasteiger partial charge in [0.2, 0.25) is 11.5 Å². The van der Waals surface area contributed by atoms with E-state index >= 15 is 0 Å². The van der Waals surface area contributed by atoms with Crippen LogP contribution in [0.25, 0.3) is 5.76 Å². The van der Waals surface area contributed by atoms with E-state index in [2.05, 4.69) is 13.8 Å². The molecule has 1 aliphatic rings. The molecule has 1 unspecified atom stereocenters. The summed E-state index contributed by atoms with van der Waals surface area (Å²) in [7, 11) is 6.02. The van der Waals surface area contributed by atoms with Crippen LogP contribution in [0.2, 0.25) is 0 Å². The van der Waals surface area contributed by atoms with Crippen molar-refractivity contribution in [3.05, 3.63) is 52.6 Å². The van der Waals surface area contributed by atoms with Crippen LogP contribution in [0, 0.1) is 6.92 Å². The van der Waals surface area contributed by atoms with Crippen LogP contribution in [0.5, 0.6) is 23.0 Å². The Morgan fingerprint density at radius 3 is 2.05 bits per heavy atom. The second-order valence-electron chi connectivity index (χ2n) is 8.82. The Hall–Kier alpha value is -3.72. The lowest BCUT2D eigenvalue weighted by Crippen LogP contribution is -3.12. The summed E-state index contributed by atoms with van der Waals surface area (Å²) in [6.45, 7) is 8.61. The second kappa shape index (κ2) is 12.0. The first-order chi connectivity index (χ1) is 17.8. The van der Waals surface area contributed by atoms with Gasteiger partial charge < -0.3 is 33.9 Å². The molecule has 0 saturated carbocycles. The van der Waals surface area contributed by atoms with E-state index in [0.717, 1.165) is 13.1 Å². The van der Waals surface area contributed by atoms with Gasteiger partial charge in [-0.15, -0.1) is 0 Å². The maximum Gasteiger partial charge on any atom is 0.295 e. The van der Waals surface area contributed by atoms with Gasteiger partial charge >= 0.3 is 0 Å². The monoisotopic (exact) mass is 512 g/mol. The molecule has 2 aromatic rings. The van der Waals surface area contributed by atoms with E-state index in [1.807, 2.05) is 0 Å². The fraction of sp³-hybridized carbons (Fsp3) is 0.429. The lowest BCUT2D eigenvalue weighted by Gasteiger charge is -2.29. The van der Waals surface area contributed by atoms with Gasteiger partial charge in [-0.05, 0) is 61.7 Å².